The fourth-order valence-corrected chi connectivity index (χ4v) is 6.24. The van der Waals surface area contributed by atoms with Gasteiger partial charge in [0.05, 0.1) is 41.7 Å². The van der Waals surface area contributed by atoms with E-state index in [1.807, 2.05) is 6.92 Å². The van der Waals surface area contributed by atoms with Crippen LogP contribution in [0.5, 0.6) is 11.5 Å². The third-order valence-corrected chi connectivity index (χ3v) is 8.27. The van der Waals surface area contributed by atoms with Crippen LogP contribution in [0.15, 0.2) is 74.0 Å². The van der Waals surface area contributed by atoms with Gasteiger partial charge < -0.3 is 18.6 Å². The lowest BCUT2D eigenvalue weighted by atomic mass is 9.93. The zero-order valence-corrected chi connectivity index (χ0v) is 25.7. The molecule has 0 bridgehead atoms. The van der Waals surface area contributed by atoms with E-state index in [2.05, 4.69) is 0 Å². The molecule has 0 radical (unpaired) electrons. The zero-order chi connectivity index (χ0) is 30.0. The Morgan fingerprint density at radius 3 is 2.62 bits per heavy atom. The van der Waals surface area contributed by atoms with Gasteiger partial charge in [0, 0.05) is 22.2 Å². The molecule has 0 saturated carbocycles. The minimum Gasteiger partial charge on any atom is -0.497 e. The first kappa shape index (κ1) is 29.7. The van der Waals surface area contributed by atoms with Crippen LogP contribution in [-0.2, 0) is 9.53 Å². The highest BCUT2D eigenvalue weighted by Crippen LogP contribution is 2.39. The molecule has 0 unspecified atom stereocenters. The fourth-order valence-electron chi connectivity index (χ4n) is 4.86. The minimum atomic E-state index is -0.855. The number of ether oxygens (including phenoxy) is 3. The molecule has 1 aliphatic heterocycles. The molecule has 2 aromatic carbocycles. The number of benzene rings is 2. The van der Waals surface area contributed by atoms with Gasteiger partial charge in [-0.25, -0.2) is 9.79 Å². The number of methoxy groups -OCH3 is 2. The summed E-state index contributed by atoms with van der Waals surface area (Å²) in [7, 11) is 3.09. The van der Waals surface area contributed by atoms with Crippen molar-refractivity contribution in [1.29, 1.82) is 0 Å². The Balaban J connectivity index is 1.73. The van der Waals surface area contributed by atoms with Crippen LogP contribution < -0.4 is 24.4 Å². The Morgan fingerprint density at radius 2 is 1.90 bits per heavy atom. The van der Waals surface area contributed by atoms with Gasteiger partial charge in [-0.3, -0.25) is 9.36 Å². The predicted octanol–water partition coefficient (Wildman–Crippen LogP) is 6.16. The molecule has 8 nitrogen and oxygen atoms in total. The number of hydrogen-bond donors (Lipinski definition) is 0. The molecule has 0 spiro atoms. The van der Waals surface area contributed by atoms with Gasteiger partial charge in [-0.05, 0) is 61.9 Å². The van der Waals surface area contributed by atoms with Crippen LogP contribution in [0, 0.1) is 0 Å². The summed E-state index contributed by atoms with van der Waals surface area (Å²) in [6, 6.07) is 13.0. The molecule has 3 heterocycles. The van der Waals surface area contributed by atoms with Crippen LogP contribution >= 0.6 is 34.5 Å². The highest BCUT2D eigenvalue weighted by Gasteiger charge is 2.36. The van der Waals surface area contributed by atoms with Gasteiger partial charge in [0.2, 0.25) is 0 Å². The smallest absolute Gasteiger partial charge is 0.338 e. The van der Waals surface area contributed by atoms with Crippen molar-refractivity contribution < 1.29 is 23.4 Å². The Kier molecular flexibility index (Phi) is 8.91. The van der Waals surface area contributed by atoms with Gasteiger partial charge in [-0.1, -0.05) is 47.9 Å². The number of furan rings is 1. The number of rotatable bonds is 9. The molecule has 218 valence electrons. The Hall–Kier alpha value is -3.79. The normalized spacial score (nSPS) is 14.9. The molecule has 42 heavy (non-hydrogen) atoms. The molecule has 0 fully saturated rings. The summed E-state index contributed by atoms with van der Waals surface area (Å²) in [5, 5.41) is 1.01. The molecule has 0 aliphatic carbocycles. The van der Waals surface area contributed by atoms with Crippen LogP contribution in [0.25, 0.3) is 17.4 Å². The van der Waals surface area contributed by atoms with E-state index in [9.17, 15) is 9.59 Å². The lowest BCUT2D eigenvalue weighted by molar-refractivity contribution is -0.139. The fraction of sp³-hybridized carbons (Fsp3) is 0.258. The summed E-state index contributed by atoms with van der Waals surface area (Å²) < 4.78 is 24.6. The molecule has 11 heteroatoms. The Labute approximate surface area is 256 Å². The summed E-state index contributed by atoms with van der Waals surface area (Å²) in [4.78, 5) is 32.8. The van der Waals surface area contributed by atoms with Gasteiger partial charge in [0.1, 0.15) is 29.1 Å². The van der Waals surface area contributed by atoms with Crippen LogP contribution in [0.4, 0.5) is 0 Å². The number of esters is 1. The SMILES string of the molecule is CCCC1=C(C(=O)OCC)[C@H](c2cc(OC)ccc2OC)n2c(s/c(=C\c3ccc(-c4cc(Cl)ccc4Cl)o3)c2=O)=N1. The number of carbonyl (C=O) groups is 1. The second kappa shape index (κ2) is 12.6. The maximum atomic E-state index is 14.1. The lowest BCUT2D eigenvalue weighted by Gasteiger charge is -2.27. The van der Waals surface area contributed by atoms with Crippen molar-refractivity contribution in [2.24, 2.45) is 4.99 Å². The highest BCUT2D eigenvalue weighted by molar-refractivity contribution is 7.07. The van der Waals surface area contributed by atoms with Crippen LogP contribution in [0.3, 0.4) is 0 Å². The molecule has 0 saturated heterocycles. The third kappa shape index (κ3) is 5.64. The predicted molar refractivity (Wildman–Crippen MR) is 163 cm³/mol. The number of hydrogen-bond acceptors (Lipinski definition) is 8. The number of thiazole rings is 1. The van der Waals surface area contributed by atoms with Gasteiger partial charge in [0.25, 0.3) is 5.56 Å². The third-order valence-electron chi connectivity index (χ3n) is 6.72. The van der Waals surface area contributed by atoms with Crippen molar-refractivity contribution in [1.82, 2.24) is 4.57 Å². The first-order valence-corrected chi connectivity index (χ1v) is 14.9. The number of aromatic nitrogens is 1. The van der Waals surface area contributed by atoms with E-state index in [0.29, 0.717) is 71.2 Å². The molecule has 4 aromatic rings. The van der Waals surface area contributed by atoms with Crippen LogP contribution in [0.2, 0.25) is 10.0 Å². The number of allylic oxidation sites excluding steroid dienone is 1. The Bertz CT molecular complexity index is 1870. The molecule has 5 rings (SSSR count). The molecule has 0 amide bonds. The minimum absolute atomic E-state index is 0.172. The van der Waals surface area contributed by atoms with E-state index in [0.717, 1.165) is 6.42 Å². The van der Waals surface area contributed by atoms with Gasteiger partial charge in [0.15, 0.2) is 4.80 Å². The number of carbonyl (C=O) groups excluding carboxylic acids is 1. The number of fused-ring (bicyclic) bond motifs is 1. The molecule has 0 N–H and O–H groups in total. The summed E-state index contributed by atoms with van der Waals surface area (Å²) in [5.74, 6) is 1.45. The maximum Gasteiger partial charge on any atom is 0.338 e. The largest absolute Gasteiger partial charge is 0.497 e. The summed E-state index contributed by atoms with van der Waals surface area (Å²) >= 11 is 13.7. The van der Waals surface area contributed by atoms with E-state index in [1.165, 1.54) is 23.0 Å². The van der Waals surface area contributed by atoms with E-state index in [-0.39, 0.29) is 12.2 Å². The average molecular weight is 628 g/mol. The molecular formula is C31H28Cl2N2O6S. The zero-order valence-electron chi connectivity index (χ0n) is 23.4. The van der Waals surface area contributed by atoms with Crippen molar-refractivity contribution in [2.45, 2.75) is 32.7 Å². The summed E-state index contributed by atoms with van der Waals surface area (Å²) in [6.45, 7) is 3.91. The van der Waals surface area contributed by atoms with E-state index >= 15 is 0 Å². The quantitative estimate of drug-likeness (QED) is 0.207. The van der Waals surface area contributed by atoms with Gasteiger partial charge in [-0.15, -0.1) is 0 Å². The van der Waals surface area contributed by atoms with E-state index < -0.39 is 12.0 Å². The standard InChI is InChI=1S/C31H28Cl2N2O6S/c1-5-7-23-27(30(37)40-6-2)28(21-15-18(38-3)9-12-24(21)39-4)35-29(36)26(42-31(35)34-23)16-19-10-13-25(41-19)20-14-17(32)8-11-22(20)33/h8-16,28H,5-7H2,1-4H3/b26-16-/t28-/m0/s1. The number of nitrogens with zero attached hydrogens (tertiary/aromatic N) is 2. The second-order valence-corrected chi connectivity index (χ2v) is 11.2. The average Bonchev–Trinajstić information content (AvgIpc) is 3.57. The maximum absolute atomic E-state index is 14.1. The summed E-state index contributed by atoms with van der Waals surface area (Å²) in [5.41, 5.74) is 1.73. The molecule has 2 aromatic heterocycles. The second-order valence-electron chi connectivity index (χ2n) is 9.35. The first-order chi connectivity index (χ1) is 20.3. The van der Waals surface area contributed by atoms with Crippen molar-refractivity contribution in [3.05, 3.63) is 101 Å². The van der Waals surface area contributed by atoms with Crippen molar-refractivity contribution >= 4 is 46.6 Å². The lowest BCUT2D eigenvalue weighted by Crippen LogP contribution is -2.40. The summed E-state index contributed by atoms with van der Waals surface area (Å²) in [6.07, 6.45) is 2.91. The van der Waals surface area contributed by atoms with E-state index in [1.54, 1.807) is 68.6 Å². The van der Waals surface area contributed by atoms with Crippen molar-refractivity contribution in [2.75, 3.05) is 20.8 Å². The van der Waals surface area contributed by atoms with Crippen LogP contribution in [0.1, 0.15) is 44.1 Å². The van der Waals surface area contributed by atoms with Gasteiger partial charge in [-0.2, -0.15) is 0 Å². The molecule has 1 aliphatic rings. The van der Waals surface area contributed by atoms with Crippen molar-refractivity contribution in [3.8, 4) is 22.8 Å². The van der Waals surface area contributed by atoms with E-state index in [4.69, 9.17) is 46.8 Å². The van der Waals surface area contributed by atoms with Crippen molar-refractivity contribution in [3.63, 3.8) is 0 Å². The first-order valence-electron chi connectivity index (χ1n) is 13.3. The topological polar surface area (TPSA) is 92.3 Å². The number of halogens is 2. The molecular weight excluding hydrogens is 599 g/mol. The molecule has 1 atom stereocenters. The van der Waals surface area contributed by atoms with Crippen LogP contribution in [-0.4, -0.2) is 31.4 Å². The highest BCUT2D eigenvalue weighted by atomic mass is 35.5. The van der Waals surface area contributed by atoms with Gasteiger partial charge >= 0.3 is 5.97 Å². The monoisotopic (exact) mass is 626 g/mol. The Morgan fingerprint density at radius 1 is 1.10 bits per heavy atom.